The van der Waals surface area contributed by atoms with Gasteiger partial charge in [-0.1, -0.05) is 28.6 Å². The van der Waals surface area contributed by atoms with Gasteiger partial charge < -0.3 is 5.21 Å². The van der Waals surface area contributed by atoms with Crippen LogP contribution in [0.4, 0.5) is 0 Å². The number of aromatic nitrogens is 3. The van der Waals surface area contributed by atoms with E-state index in [-0.39, 0.29) is 0 Å². The normalized spacial score (nSPS) is 10.1. The zero-order valence-electron chi connectivity index (χ0n) is 7.09. The third-order valence-corrected chi connectivity index (χ3v) is 1.90. The second kappa shape index (κ2) is 3.59. The molecule has 14 heavy (non-hydrogen) atoms. The van der Waals surface area contributed by atoms with Crippen molar-refractivity contribution in [2.24, 2.45) is 0 Å². The first-order valence-electron chi connectivity index (χ1n) is 3.94. The Morgan fingerprint density at radius 3 is 2.93 bits per heavy atom. The highest BCUT2D eigenvalue weighted by Gasteiger charge is 2.04. The monoisotopic (exact) mass is 207 g/mol. The molecule has 0 aliphatic rings. The lowest BCUT2D eigenvalue weighted by Crippen LogP contribution is -2.30. The van der Waals surface area contributed by atoms with Gasteiger partial charge in [0.25, 0.3) is 0 Å². The molecule has 0 aliphatic carbocycles. The molecule has 2 rings (SSSR count). The lowest BCUT2D eigenvalue weighted by atomic mass is 10.2. The van der Waals surface area contributed by atoms with E-state index in [4.69, 9.17) is 11.6 Å². The summed E-state index contributed by atoms with van der Waals surface area (Å²) in [5, 5.41) is 15.1. The van der Waals surface area contributed by atoms with Crippen LogP contribution < -0.4 is 4.85 Å². The van der Waals surface area contributed by atoms with E-state index in [1.807, 2.05) is 0 Å². The average Bonchev–Trinajstić information content (AvgIpc) is 2.18. The van der Waals surface area contributed by atoms with Crippen molar-refractivity contribution in [3.63, 3.8) is 0 Å². The van der Waals surface area contributed by atoms with Crippen LogP contribution in [0.2, 0.25) is 5.02 Å². The zero-order valence-corrected chi connectivity index (χ0v) is 7.85. The largest absolute Gasteiger partial charge is 0.594 e. The molecule has 5 heteroatoms. The van der Waals surface area contributed by atoms with Gasteiger partial charge in [0.15, 0.2) is 0 Å². The van der Waals surface area contributed by atoms with E-state index < -0.39 is 0 Å². The molecule has 0 saturated carbocycles. The maximum Gasteiger partial charge on any atom is 0.228 e. The molecule has 1 aromatic heterocycles. The molecule has 0 spiro atoms. The smallest absolute Gasteiger partial charge is 0.228 e. The van der Waals surface area contributed by atoms with E-state index in [0.717, 1.165) is 5.56 Å². The van der Waals surface area contributed by atoms with E-state index in [9.17, 15) is 5.21 Å². The molecule has 0 saturated heterocycles. The summed E-state index contributed by atoms with van der Waals surface area (Å²) in [7, 11) is 0. The molecule has 1 heterocycles. The van der Waals surface area contributed by atoms with Crippen molar-refractivity contribution < 1.29 is 4.85 Å². The molecule has 1 aromatic carbocycles. The Bertz CT molecular complexity index is 418. The fourth-order valence-corrected chi connectivity index (χ4v) is 1.26. The Morgan fingerprint density at radius 1 is 1.36 bits per heavy atom. The number of hydrogen-bond donors (Lipinski definition) is 0. The topological polar surface area (TPSA) is 52.7 Å². The second-order valence-corrected chi connectivity index (χ2v) is 3.10. The fourth-order valence-electron chi connectivity index (χ4n) is 1.07. The third kappa shape index (κ3) is 1.80. The minimum absolute atomic E-state index is 0.366. The van der Waals surface area contributed by atoms with Crippen molar-refractivity contribution in [1.29, 1.82) is 0 Å². The van der Waals surface area contributed by atoms with Crippen LogP contribution in [-0.2, 0) is 0 Å². The van der Waals surface area contributed by atoms with E-state index in [2.05, 4.69) is 10.1 Å². The van der Waals surface area contributed by atoms with Crippen LogP contribution in [0.15, 0.2) is 36.7 Å². The van der Waals surface area contributed by atoms with Crippen LogP contribution in [0.25, 0.3) is 11.4 Å². The average molecular weight is 208 g/mol. The van der Waals surface area contributed by atoms with Gasteiger partial charge in [-0.05, 0) is 12.1 Å². The van der Waals surface area contributed by atoms with Crippen LogP contribution >= 0.6 is 11.6 Å². The molecule has 0 aliphatic heterocycles. The van der Waals surface area contributed by atoms with Gasteiger partial charge in [0.2, 0.25) is 12.0 Å². The highest BCUT2D eigenvalue weighted by atomic mass is 35.5. The summed E-state index contributed by atoms with van der Waals surface area (Å²) >= 11 is 5.79. The Labute approximate surface area is 85.4 Å². The highest BCUT2D eigenvalue weighted by Crippen LogP contribution is 2.17. The first kappa shape index (κ1) is 8.90. The number of nitrogens with zero attached hydrogens (tertiary/aromatic N) is 3. The molecule has 70 valence electrons. The van der Waals surface area contributed by atoms with Crippen molar-refractivity contribution in [3.05, 3.63) is 46.9 Å². The van der Waals surface area contributed by atoms with Gasteiger partial charge in [-0.15, -0.1) is 0 Å². The molecule has 0 unspecified atom stereocenters. The number of benzene rings is 1. The lowest BCUT2D eigenvalue weighted by Gasteiger charge is -1.98. The predicted molar refractivity (Wildman–Crippen MR) is 51.4 cm³/mol. The summed E-state index contributed by atoms with van der Waals surface area (Å²) in [5.74, 6) is 0.366. The third-order valence-electron chi connectivity index (χ3n) is 1.67. The van der Waals surface area contributed by atoms with Gasteiger partial charge >= 0.3 is 0 Å². The van der Waals surface area contributed by atoms with Crippen molar-refractivity contribution in [3.8, 4) is 11.4 Å². The standard InChI is InChI=1S/C9H6ClN3O/c10-8-3-1-2-7(6-8)9-11-4-5-13(14)12-9/h1-6H. The van der Waals surface area contributed by atoms with Crippen LogP contribution in [-0.4, -0.2) is 10.1 Å². The molecule has 0 amide bonds. The van der Waals surface area contributed by atoms with Gasteiger partial charge in [0, 0.05) is 15.7 Å². The van der Waals surface area contributed by atoms with Gasteiger partial charge in [0.05, 0.1) is 6.20 Å². The SMILES string of the molecule is [O-][n+]1ccnc(-c2cccc(Cl)c2)n1. The van der Waals surface area contributed by atoms with E-state index in [0.29, 0.717) is 15.7 Å². The first-order valence-corrected chi connectivity index (χ1v) is 4.32. The van der Waals surface area contributed by atoms with Crippen LogP contribution in [0.3, 0.4) is 0 Å². The maximum absolute atomic E-state index is 10.9. The molecule has 0 N–H and O–H groups in total. The van der Waals surface area contributed by atoms with Gasteiger partial charge in [-0.3, -0.25) is 0 Å². The molecule has 2 aromatic rings. The van der Waals surface area contributed by atoms with Crippen molar-refractivity contribution in [2.75, 3.05) is 0 Å². The number of rotatable bonds is 1. The van der Waals surface area contributed by atoms with Gasteiger partial charge in [0.1, 0.15) is 0 Å². The van der Waals surface area contributed by atoms with Crippen molar-refractivity contribution in [2.45, 2.75) is 0 Å². The minimum atomic E-state index is 0.366. The molecule has 4 nitrogen and oxygen atoms in total. The molecule has 0 radical (unpaired) electrons. The molecule has 0 fully saturated rings. The van der Waals surface area contributed by atoms with Gasteiger partial charge in [-0.2, -0.15) is 0 Å². The summed E-state index contributed by atoms with van der Waals surface area (Å²) in [6.07, 6.45) is 2.63. The summed E-state index contributed by atoms with van der Waals surface area (Å²) in [6.45, 7) is 0. The van der Waals surface area contributed by atoms with Crippen LogP contribution in [0, 0.1) is 5.21 Å². The summed E-state index contributed by atoms with van der Waals surface area (Å²) < 4.78 is 0. The molecular formula is C9H6ClN3O. The van der Waals surface area contributed by atoms with Gasteiger partial charge in [-0.25, -0.2) is 4.98 Å². The van der Waals surface area contributed by atoms with Crippen LogP contribution in [0.1, 0.15) is 0 Å². The van der Waals surface area contributed by atoms with Crippen LogP contribution in [0.5, 0.6) is 0 Å². The molecular weight excluding hydrogens is 202 g/mol. The quantitative estimate of drug-likeness (QED) is 0.525. The zero-order chi connectivity index (χ0) is 9.97. The van der Waals surface area contributed by atoms with Crippen molar-refractivity contribution >= 4 is 11.6 Å². The summed E-state index contributed by atoms with van der Waals surface area (Å²) in [5.41, 5.74) is 0.725. The van der Waals surface area contributed by atoms with E-state index in [1.165, 1.54) is 12.4 Å². The minimum Gasteiger partial charge on any atom is -0.594 e. The highest BCUT2D eigenvalue weighted by molar-refractivity contribution is 6.30. The number of halogens is 1. The number of hydrogen-bond acceptors (Lipinski definition) is 3. The molecule has 0 bridgehead atoms. The van der Waals surface area contributed by atoms with E-state index in [1.54, 1.807) is 24.3 Å². The predicted octanol–water partition coefficient (Wildman–Crippen LogP) is 1.43. The van der Waals surface area contributed by atoms with E-state index >= 15 is 0 Å². The Balaban J connectivity index is 2.49. The lowest BCUT2D eigenvalue weighted by molar-refractivity contribution is -0.668. The Kier molecular flexibility index (Phi) is 2.28. The molecule has 0 atom stereocenters. The maximum atomic E-state index is 10.9. The first-order chi connectivity index (χ1) is 6.75. The summed E-state index contributed by atoms with van der Waals surface area (Å²) in [6, 6.07) is 7.03. The second-order valence-electron chi connectivity index (χ2n) is 2.66. The fraction of sp³-hybridized carbons (Fsp3) is 0. The Morgan fingerprint density at radius 2 is 2.21 bits per heavy atom. The summed E-state index contributed by atoms with van der Waals surface area (Å²) in [4.78, 5) is 4.42. The van der Waals surface area contributed by atoms with Crippen molar-refractivity contribution in [1.82, 2.24) is 10.1 Å². The Hall–Kier alpha value is -1.68.